The van der Waals surface area contributed by atoms with Gasteiger partial charge in [-0.3, -0.25) is 0 Å². The van der Waals surface area contributed by atoms with Crippen molar-refractivity contribution in [3.8, 4) is 28.7 Å². The van der Waals surface area contributed by atoms with Crippen LogP contribution in [0.25, 0.3) is 0 Å². The van der Waals surface area contributed by atoms with E-state index in [1.807, 2.05) is 38.1 Å². The molecule has 1 N–H and O–H groups in total. The molecule has 0 atom stereocenters. The summed E-state index contributed by atoms with van der Waals surface area (Å²) in [6.45, 7) is 12.4. The number of aryl methyl sites for hydroxylation is 2. The number of phenols is 1. The lowest BCUT2D eigenvalue weighted by Gasteiger charge is -2.18. The first-order chi connectivity index (χ1) is 12.8. The fraction of sp³-hybridized carbons (Fsp3) is 0.250. The highest BCUT2D eigenvalue weighted by Gasteiger charge is 2.16. The summed E-state index contributed by atoms with van der Waals surface area (Å²) in [6.07, 6.45) is 0. The molecule has 3 rings (SSSR count). The van der Waals surface area contributed by atoms with Gasteiger partial charge in [0.2, 0.25) is 5.75 Å². The highest BCUT2D eigenvalue weighted by molar-refractivity contribution is 5.56. The summed E-state index contributed by atoms with van der Waals surface area (Å²) in [5.74, 6) is 2.32. The Bertz CT molecular complexity index is 1000. The van der Waals surface area contributed by atoms with Crippen molar-refractivity contribution in [2.45, 2.75) is 41.5 Å². The van der Waals surface area contributed by atoms with Crippen LogP contribution in [0.5, 0.6) is 28.7 Å². The minimum Gasteiger partial charge on any atom is -0.504 e. The van der Waals surface area contributed by atoms with Crippen molar-refractivity contribution in [2.75, 3.05) is 0 Å². The Kier molecular flexibility index (Phi) is 5.13. The summed E-state index contributed by atoms with van der Waals surface area (Å²) in [5, 5.41) is 10.4. The maximum Gasteiger partial charge on any atom is 0.211 e. The summed E-state index contributed by atoms with van der Waals surface area (Å²) in [7, 11) is 0. The number of rotatable bonds is 4. The van der Waals surface area contributed by atoms with Crippen LogP contribution in [0.2, 0.25) is 0 Å². The number of phenolic OH excluding ortho intramolecular Hbond substituents is 1. The van der Waals surface area contributed by atoms with E-state index in [-0.39, 0.29) is 5.75 Å². The van der Waals surface area contributed by atoms with Crippen LogP contribution in [0.1, 0.15) is 33.4 Å². The van der Waals surface area contributed by atoms with Crippen molar-refractivity contribution < 1.29 is 14.6 Å². The van der Waals surface area contributed by atoms with E-state index in [4.69, 9.17) is 9.47 Å². The van der Waals surface area contributed by atoms with E-state index in [0.717, 1.165) is 16.9 Å². The number of ether oxygens (including phenoxy) is 2. The van der Waals surface area contributed by atoms with Crippen molar-refractivity contribution in [1.29, 1.82) is 0 Å². The molecule has 0 aliphatic rings. The van der Waals surface area contributed by atoms with Gasteiger partial charge in [0.25, 0.3) is 0 Å². The summed E-state index contributed by atoms with van der Waals surface area (Å²) in [4.78, 5) is 0. The molecule has 0 unspecified atom stereocenters. The van der Waals surface area contributed by atoms with Crippen molar-refractivity contribution in [3.05, 3.63) is 75.8 Å². The normalized spacial score (nSPS) is 10.7. The molecule has 3 heteroatoms. The van der Waals surface area contributed by atoms with E-state index in [0.29, 0.717) is 17.2 Å². The second kappa shape index (κ2) is 7.36. The van der Waals surface area contributed by atoms with Crippen LogP contribution in [-0.2, 0) is 0 Å². The summed E-state index contributed by atoms with van der Waals surface area (Å²) >= 11 is 0. The van der Waals surface area contributed by atoms with Crippen LogP contribution < -0.4 is 9.47 Å². The van der Waals surface area contributed by atoms with Gasteiger partial charge < -0.3 is 14.6 Å². The monoisotopic (exact) mass is 362 g/mol. The quantitative estimate of drug-likeness (QED) is 0.553. The number of benzene rings is 3. The third kappa shape index (κ3) is 3.63. The summed E-state index contributed by atoms with van der Waals surface area (Å²) in [6, 6.07) is 13.1. The first-order valence-electron chi connectivity index (χ1n) is 9.11. The Balaban J connectivity index is 2.01. The largest absolute Gasteiger partial charge is 0.504 e. The molecule has 0 radical (unpaired) electrons. The molecule has 3 aromatic carbocycles. The molecular formula is C24H26O3. The van der Waals surface area contributed by atoms with Gasteiger partial charge in [0.1, 0.15) is 11.5 Å². The van der Waals surface area contributed by atoms with Gasteiger partial charge in [-0.25, -0.2) is 0 Å². The third-order valence-corrected chi connectivity index (χ3v) is 5.41. The van der Waals surface area contributed by atoms with Gasteiger partial charge in [-0.15, -0.1) is 0 Å². The molecule has 0 bridgehead atoms. The maximum absolute atomic E-state index is 10.4. The lowest BCUT2D eigenvalue weighted by molar-refractivity contribution is 0.379. The Morgan fingerprint density at radius 3 is 1.63 bits per heavy atom. The van der Waals surface area contributed by atoms with E-state index < -0.39 is 0 Å². The van der Waals surface area contributed by atoms with Crippen LogP contribution in [0, 0.1) is 41.5 Å². The van der Waals surface area contributed by atoms with Crippen molar-refractivity contribution in [2.24, 2.45) is 0 Å². The topological polar surface area (TPSA) is 38.7 Å². The lowest BCUT2D eigenvalue weighted by Crippen LogP contribution is -1.97. The molecule has 0 heterocycles. The van der Waals surface area contributed by atoms with Gasteiger partial charge in [-0.05, 0) is 99.2 Å². The fourth-order valence-electron chi connectivity index (χ4n) is 3.00. The third-order valence-electron chi connectivity index (χ3n) is 5.41. The molecule has 140 valence electrons. The van der Waals surface area contributed by atoms with Gasteiger partial charge in [0.05, 0.1) is 0 Å². The van der Waals surface area contributed by atoms with Gasteiger partial charge >= 0.3 is 0 Å². The molecule has 27 heavy (non-hydrogen) atoms. The van der Waals surface area contributed by atoms with Crippen LogP contribution in [-0.4, -0.2) is 5.11 Å². The second-order valence-corrected chi connectivity index (χ2v) is 7.07. The molecule has 0 saturated heterocycles. The average molecular weight is 362 g/mol. The minimum absolute atomic E-state index is 0.0478. The van der Waals surface area contributed by atoms with Gasteiger partial charge in [-0.2, -0.15) is 0 Å². The lowest BCUT2D eigenvalue weighted by atomic mass is 10.0. The Morgan fingerprint density at radius 2 is 1.07 bits per heavy atom. The van der Waals surface area contributed by atoms with Crippen molar-refractivity contribution >= 4 is 0 Å². The SMILES string of the molecule is Cc1ccc(Oc2cccc(O)c2Oc2ccc(C)c(C)c2C)c(C)c1C. The second-order valence-electron chi connectivity index (χ2n) is 7.07. The number of aromatic hydroxyl groups is 1. The highest BCUT2D eigenvalue weighted by atomic mass is 16.5. The predicted octanol–water partition coefficient (Wildman–Crippen LogP) is 6.83. The molecule has 3 nitrogen and oxygen atoms in total. The van der Waals surface area contributed by atoms with E-state index in [9.17, 15) is 5.11 Å². The zero-order chi connectivity index (χ0) is 19.7. The summed E-state index contributed by atoms with van der Waals surface area (Å²) in [5.41, 5.74) is 6.92. The zero-order valence-corrected chi connectivity index (χ0v) is 16.8. The first kappa shape index (κ1) is 18.8. The molecule has 0 amide bonds. The van der Waals surface area contributed by atoms with E-state index in [1.54, 1.807) is 18.2 Å². The molecule has 0 spiro atoms. The molecule has 0 aliphatic heterocycles. The van der Waals surface area contributed by atoms with Crippen LogP contribution >= 0.6 is 0 Å². The maximum atomic E-state index is 10.4. The van der Waals surface area contributed by atoms with Gasteiger partial charge in [-0.1, -0.05) is 18.2 Å². The fourth-order valence-corrected chi connectivity index (χ4v) is 3.00. The van der Waals surface area contributed by atoms with Crippen LogP contribution in [0.15, 0.2) is 42.5 Å². The van der Waals surface area contributed by atoms with Crippen molar-refractivity contribution in [1.82, 2.24) is 0 Å². The van der Waals surface area contributed by atoms with E-state index >= 15 is 0 Å². The highest BCUT2D eigenvalue weighted by Crippen LogP contribution is 2.43. The van der Waals surface area contributed by atoms with Crippen molar-refractivity contribution in [3.63, 3.8) is 0 Å². The Labute approximate surface area is 161 Å². The Morgan fingerprint density at radius 1 is 0.556 bits per heavy atom. The molecule has 0 aromatic heterocycles. The summed E-state index contributed by atoms with van der Waals surface area (Å²) < 4.78 is 12.2. The van der Waals surface area contributed by atoms with Gasteiger partial charge in [0, 0.05) is 0 Å². The first-order valence-corrected chi connectivity index (χ1v) is 9.11. The van der Waals surface area contributed by atoms with Crippen LogP contribution in [0.3, 0.4) is 0 Å². The zero-order valence-electron chi connectivity index (χ0n) is 16.8. The number of hydrogen-bond donors (Lipinski definition) is 1. The van der Waals surface area contributed by atoms with Crippen LogP contribution in [0.4, 0.5) is 0 Å². The molecule has 0 aliphatic carbocycles. The predicted molar refractivity (Wildman–Crippen MR) is 110 cm³/mol. The van der Waals surface area contributed by atoms with E-state index in [1.165, 1.54) is 22.3 Å². The smallest absolute Gasteiger partial charge is 0.211 e. The standard InChI is InChI=1S/C24H26O3/c1-14-10-12-21(18(5)16(14)3)26-23-9-7-8-20(25)24(23)27-22-13-11-15(2)17(4)19(22)6/h7-13,25H,1-6H3. The average Bonchev–Trinajstić information content (AvgIpc) is 2.64. The van der Waals surface area contributed by atoms with E-state index in [2.05, 4.69) is 27.7 Å². The number of hydrogen-bond acceptors (Lipinski definition) is 3. The molecule has 3 aromatic rings. The molecular weight excluding hydrogens is 336 g/mol. The molecule has 0 fully saturated rings. The molecule has 0 saturated carbocycles. The minimum atomic E-state index is 0.0478. The van der Waals surface area contributed by atoms with Gasteiger partial charge in [0.15, 0.2) is 11.5 Å². The number of para-hydroxylation sites is 1. The Hall–Kier alpha value is -2.94.